The van der Waals surface area contributed by atoms with Gasteiger partial charge in [0.15, 0.2) is 5.69 Å². The van der Waals surface area contributed by atoms with Gasteiger partial charge in [-0.25, -0.2) is 8.61 Å². The van der Waals surface area contributed by atoms with Crippen molar-refractivity contribution in [1.82, 2.24) is 10.5 Å². The Balaban J connectivity index is 1.28. The highest BCUT2D eigenvalue weighted by Crippen LogP contribution is 2.46. The Hall–Kier alpha value is -2.55. The Morgan fingerprint density at radius 3 is 2.63 bits per heavy atom. The van der Waals surface area contributed by atoms with Crippen molar-refractivity contribution in [3.8, 4) is 0 Å². The van der Waals surface area contributed by atoms with Crippen LogP contribution in [0.25, 0.3) is 0 Å². The number of carbonyl (C=O) groups excluding carboxylic acids is 1. The molecule has 27 heavy (non-hydrogen) atoms. The number of hydrogen-bond acceptors (Lipinski definition) is 5. The Morgan fingerprint density at radius 2 is 1.93 bits per heavy atom. The van der Waals surface area contributed by atoms with Crippen LogP contribution in [0, 0.1) is 0 Å². The molecule has 1 aromatic heterocycles. The van der Waals surface area contributed by atoms with E-state index in [4.69, 9.17) is 4.52 Å². The number of para-hydroxylation sites is 2. The van der Waals surface area contributed by atoms with Gasteiger partial charge >= 0.3 is 10.2 Å². The molecule has 0 saturated heterocycles. The smallest absolute Gasteiger partial charge is 0.326 e. The first-order chi connectivity index (χ1) is 13.1. The molecule has 8 nitrogen and oxygen atoms in total. The maximum Gasteiger partial charge on any atom is 0.326 e. The molecule has 3 aliphatic rings. The predicted molar refractivity (Wildman–Crippen MR) is 99.0 cm³/mol. The molecule has 5 rings (SSSR count). The van der Waals surface area contributed by atoms with E-state index >= 15 is 0 Å². The highest BCUT2D eigenvalue weighted by atomic mass is 32.2. The van der Waals surface area contributed by atoms with Gasteiger partial charge in [0.05, 0.1) is 17.9 Å². The number of rotatable bonds is 6. The van der Waals surface area contributed by atoms with Gasteiger partial charge in [0.25, 0.3) is 5.91 Å². The number of nitrogens with zero attached hydrogens (tertiary/aromatic N) is 3. The Kier molecular flexibility index (Phi) is 3.68. The third-order valence-electron chi connectivity index (χ3n) is 5.13. The normalized spacial score (nSPS) is 20.6. The lowest BCUT2D eigenvalue weighted by Gasteiger charge is -2.21. The highest BCUT2D eigenvalue weighted by molar-refractivity contribution is 7.94. The summed E-state index contributed by atoms with van der Waals surface area (Å²) >= 11 is 0. The SMILES string of the molecule is O=C(NCCN1c2ccccc2N(C2CC2)S1(=O)=O)c1cc(C2CC2)on1. The Morgan fingerprint density at radius 1 is 1.19 bits per heavy atom. The van der Waals surface area contributed by atoms with Crippen LogP contribution >= 0.6 is 0 Å². The molecule has 2 aliphatic carbocycles. The molecule has 2 saturated carbocycles. The van der Waals surface area contributed by atoms with Gasteiger partial charge < -0.3 is 9.84 Å². The van der Waals surface area contributed by atoms with Gasteiger partial charge in [-0.1, -0.05) is 17.3 Å². The number of fused-ring (bicyclic) bond motifs is 1. The molecule has 1 aliphatic heterocycles. The maximum absolute atomic E-state index is 13.0. The average Bonchev–Trinajstić information content (AvgIpc) is 3.58. The first-order valence-corrected chi connectivity index (χ1v) is 10.6. The second kappa shape index (κ2) is 5.98. The maximum atomic E-state index is 13.0. The second-order valence-electron chi connectivity index (χ2n) is 7.24. The van der Waals surface area contributed by atoms with Crippen LogP contribution in [0.4, 0.5) is 11.4 Å². The summed E-state index contributed by atoms with van der Waals surface area (Å²) in [5.74, 6) is 0.782. The zero-order valence-corrected chi connectivity index (χ0v) is 15.5. The molecule has 0 unspecified atom stereocenters. The summed E-state index contributed by atoms with van der Waals surface area (Å²) in [7, 11) is -3.60. The van der Waals surface area contributed by atoms with Gasteiger partial charge in [-0.2, -0.15) is 8.42 Å². The number of aromatic nitrogens is 1. The van der Waals surface area contributed by atoms with E-state index in [2.05, 4.69) is 10.5 Å². The van der Waals surface area contributed by atoms with E-state index in [0.717, 1.165) is 37.1 Å². The van der Waals surface area contributed by atoms with Crippen molar-refractivity contribution >= 4 is 27.5 Å². The Labute approximate surface area is 157 Å². The van der Waals surface area contributed by atoms with Crippen LogP contribution in [0.1, 0.15) is 47.8 Å². The molecule has 2 aromatic rings. The van der Waals surface area contributed by atoms with Crippen LogP contribution in [-0.2, 0) is 10.2 Å². The third kappa shape index (κ3) is 2.86. The van der Waals surface area contributed by atoms with Crippen LogP contribution in [-0.4, -0.2) is 38.6 Å². The molecule has 0 atom stereocenters. The highest BCUT2D eigenvalue weighted by Gasteiger charge is 2.47. The van der Waals surface area contributed by atoms with Crippen molar-refractivity contribution in [3.05, 3.63) is 41.8 Å². The Bertz CT molecular complexity index is 994. The lowest BCUT2D eigenvalue weighted by Crippen LogP contribution is -2.42. The summed E-state index contributed by atoms with van der Waals surface area (Å²) in [6, 6.07) is 9.02. The van der Waals surface area contributed by atoms with E-state index in [-0.39, 0.29) is 30.7 Å². The van der Waals surface area contributed by atoms with Gasteiger partial charge in [-0.05, 0) is 37.8 Å². The summed E-state index contributed by atoms with van der Waals surface area (Å²) in [6.07, 6.45) is 3.90. The standard InChI is InChI=1S/C18H20N4O4S/c23-18(14-11-17(26-20-14)12-5-6-12)19-9-10-21-15-3-1-2-4-16(15)22(13-7-8-13)27(21,24)25/h1-4,11-13H,5-10H2,(H,19,23). The minimum absolute atomic E-state index is 0.0479. The molecule has 2 heterocycles. The van der Waals surface area contributed by atoms with E-state index in [0.29, 0.717) is 11.6 Å². The van der Waals surface area contributed by atoms with Crippen molar-refractivity contribution in [3.63, 3.8) is 0 Å². The second-order valence-corrected chi connectivity index (χ2v) is 8.97. The van der Waals surface area contributed by atoms with Gasteiger partial charge in [0, 0.05) is 24.6 Å². The summed E-state index contributed by atoms with van der Waals surface area (Å²) in [5.41, 5.74) is 1.62. The summed E-state index contributed by atoms with van der Waals surface area (Å²) in [6.45, 7) is 0.359. The van der Waals surface area contributed by atoms with Gasteiger partial charge in [0.1, 0.15) is 5.76 Å². The zero-order valence-electron chi connectivity index (χ0n) is 14.7. The molecule has 9 heteroatoms. The third-order valence-corrected chi connectivity index (χ3v) is 7.06. The summed E-state index contributed by atoms with van der Waals surface area (Å²) in [4.78, 5) is 12.3. The van der Waals surface area contributed by atoms with Crippen molar-refractivity contribution in [2.45, 2.75) is 37.6 Å². The minimum atomic E-state index is -3.60. The van der Waals surface area contributed by atoms with Crippen molar-refractivity contribution in [2.75, 3.05) is 21.7 Å². The largest absolute Gasteiger partial charge is 0.360 e. The molecule has 1 amide bonds. The zero-order chi connectivity index (χ0) is 18.6. The molecular weight excluding hydrogens is 368 g/mol. The number of amides is 1. The fourth-order valence-electron chi connectivity index (χ4n) is 3.46. The topological polar surface area (TPSA) is 95.8 Å². The van der Waals surface area contributed by atoms with Crippen molar-refractivity contribution < 1.29 is 17.7 Å². The van der Waals surface area contributed by atoms with E-state index in [9.17, 15) is 13.2 Å². The number of nitrogens with one attached hydrogen (secondary N) is 1. The van der Waals surface area contributed by atoms with Crippen LogP contribution in [0.2, 0.25) is 0 Å². The summed E-state index contributed by atoms with van der Waals surface area (Å²) in [5, 5.41) is 6.55. The molecule has 142 valence electrons. The summed E-state index contributed by atoms with van der Waals surface area (Å²) < 4.78 is 34.0. The monoisotopic (exact) mass is 388 g/mol. The fraction of sp³-hybridized carbons (Fsp3) is 0.444. The molecule has 0 spiro atoms. The van der Waals surface area contributed by atoms with Gasteiger partial charge in [-0.3, -0.25) is 4.79 Å². The molecule has 2 fully saturated rings. The van der Waals surface area contributed by atoms with Crippen LogP contribution in [0.15, 0.2) is 34.9 Å². The molecular formula is C18H20N4O4S. The van der Waals surface area contributed by atoms with E-state index < -0.39 is 10.2 Å². The predicted octanol–water partition coefficient (Wildman–Crippen LogP) is 2.02. The number of carbonyl (C=O) groups is 1. The average molecular weight is 388 g/mol. The number of benzene rings is 1. The van der Waals surface area contributed by atoms with E-state index in [1.807, 2.05) is 18.2 Å². The first kappa shape index (κ1) is 16.6. The fourth-order valence-corrected chi connectivity index (χ4v) is 5.39. The molecule has 0 radical (unpaired) electrons. The van der Waals surface area contributed by atoms with Crippen LogP contribution in [0.5, 0.6) is 0 Å². The van der Waals surface area contributed by atoms with Gasteiger partial charge in [0.2, 0.25) is 0 Å². The lowest BCUT2D eigenvalue weighted by atomic mass is 10.2. The van der Waals surface area contributed by atoms with Crippen molar-refractivity contribution in [2.24, 2.45) is 0 Å². The molecule has 1 aromatic carbocycles. The molecule has 1 N–H and O–H groups in total. The first-order valence-electron chi connectivity index (χ1n) is 9.21. The van der Waals surface area contributed by atoms with Gasteiger partial charge in [-0.15, -0.1) is 0 Å². The van der Waals surface area contributed by atoms with E-state index in [1.165, 1.54) is 8.61 Å². The number of hydrogen-bond donors (Lipinski definition) is 1. The quantitative estimate of drug-likeness (QED) is 0.817. The molecule has 0 bridgehead atoms. The van der Waals surface area contributed by atoms with Crippen molar-refractivity contribution in [1.29, 1.82) is 0 Å². The van der Waals surface area contributed by atoms with Crippen LogP contribution < -0.4 is 13.9 Å². The minimum Gasteiger partial charge on any atom is -0.360 e. The van der Waals surface area contributed by atoms with Crippen LogP contribution in [0.3, 0.4) is 0 Å². The van der Waals surface area contributed by atoms with E-state index in [1.54, 1.807) is 12.1 Å². The lowest BCUT2D eigenvalue weighted by molar-refractivity contribution is 0.0945. The number of anilines is 2.